The molecule has 0 saturated carbocycles. The molecule has 0 aromatic carbocycles. The third-order valence-electron chi connectivity index (χ3n) is 5.10. The number of nitrogens with one attached hydrogen (secondary N) is 1. The summed E-state index contributed by atoms with van der Waals surface area (Å²) in [4.78, 5) is 21.1. The third kappa shape index (κ3) is 3.01. The third-order valence-corrected chi connectivity index (χ3v) is 5.78. The van der Waals surface area contributed by atoms with Gasteiger partial charge in [0.05, 0.1) is 35.0 Å². The number of amides is 1. The Morgan fingerprint density at radius 3 is 2.80 bits per heavy atom. The molecular weight excluding hydrogens is 361 g/mol. The van der Waals surface area contributed by atoms with Crippen LogP contribution in [0.1, 0.15) is 24.8 Å². The highest BCUT2D eigenvalue weighted by Crippen LogP contribution is 2.51. The number of aromatic nitrogens is 2. The van der Waals surface area contributed by atoms with Crippen LogP contribution >= 0.6 is 23.2 Å². The van der Waals surface area contributed by atoms with Crippen molar-refractivity contribution < 1.29 is 9.53 Å². The highest BCUT2D eigenvalue weighted by atomic mass is 35.5. The summed E-state index contributed by atoms with van der Waals surface area (Å²) in [5, 5.41) is 3.44. The lowest BCUT2D eigenvalue weighted by Gasteiger charge is -2.30. The summed E-state index contributed by atoms with van der Waals surface area (Å²) in [6.07, 6.45) is 5.95. The summed E-state index contributed by atoms with van der Waals surface area (Å²) >= 11 is 11.8. The molecule has 130 valence electrons. The molecular formula is C18H17Cl2N3O2. The molecule has 0 aliphatic carbocycles. The standard InChI is InChI=1S/C18H17Cl2N3O2/c1-9-6-13-14(10-2-4-21-5-3-10)15(16(9)25-13)18(24)23-11-7-12(19)17(20)22-8-11/h2-5,7-9,13-16H,6H2,1H3,(H,23,24)/t9-,13-,14-,15-,16+/m0/s1. The Balaban J connectivity index is 1.61. The van der Waals surface area contributed by atoms with E-state index < -0.39 is 0 Å². The van der Waals surface area contributed by atoms with E-state index in [2.05, 4.69) is 22.2 Å². The Morgan fingerprint density at radius 2 is 2.08 bits per heavy atom. The molecule has 2 aliphatic rings. The molecule has 2 aliphatic heterocycles. The zero-order chi connectivity index (χ0) is 17.6. The van der Waals surface area contributed by atoms with Crippen molar-refractivity contribution in [3.8, 4) is 0 Å². The van der Waals surface area contributed by atoms with Crippen LogP contribution in [0.25, 0.3) is 0 Å². The SMILES string of the molecule is C[C@H]1C[C@@H]2O[C@H]1[C@@H](C(=O)Nc1cnc(Cl)c(Cl)c1)[C@H]2c1ccncc1. The van der Waals surface area contributed by atoms with E-state index in [0.29, 0.717) is 16.6 Å². The smallest absolute Gasteiger partial charge is 0.230 e. The van der Waals surface area contributed by atoms with Crippen molar-refractivity contribution in [1.82, 2.24) is 9.97 Å². The van der Waals surface area contributed by atoms with Gasteiger partial charge in [0.1, 0.15) is 5.15 Å². The number of hydrogen-bond acceptors (Lipinski definition) is 4. The maximum absolute atomic E-state index is 13.0. The minimum Gasteiger partial charge on any atom is -0.373 e. The number of pyridine rings is 2. The van der Waals surface area contributed by atoms with Gasteiger partial charge in [-0.3, -0.25) is 9.78 Å². The fourth-order valence-electron chi connectivity index (χ4n) is 4.03. The molecule has 1 amide bonds. The first-order valence-electron chi connectivity index (χ1n) is 8.22. The molecule has 0 radical (unpaired) electrons. The molecule has 0 spiro atoms. The van der Waals surface area contributed by atoms with Gasteiger partial charge in [-0.15, -0.1) is 0 Å². The van der Waals surface area contributed by atoms with E-state index >= 15 is 0 Å². The number of rotatable bonds is 3. The van der Waals surface area contributed by atoms with Gasteiger partial charge < -0.3 is 10.1 Å². The van der Waals surface area contributed by atoms with Crippen LogP contribution < -0.4 is 5.32 Å². The molecule has 2 fully saturated rings. The maximum atomic E-state index is 13.0. The number of fused-ring (bicyclic) bond motifs is 2. The molecule has 2 bridgehead atoms. The van der Waals surface area contributed by atoms with E-state index in [1.807, 2.05) is 12.1 Å². The predicted molar refractivity (Wildman–Crippen MR) is 95.8 cm³/mol. The fourth-order valence-corrected chi connectivity index (χ4v) is 4.30. The number of nitrogens with zero attached hydrogens (tertiary/aromatic N) is 2. The molecule has 1 N–H and O–H groups in total. The van der Waals surface area contributed by atoms with E-state index in [4.69, 9.17) is 27.9 Å². The van der Waals surface area contributed by atoms with Crippen LogP contribution in [0.5, 0.6) is 0 Å². The van der Waals surface area contributed by atoms with Crippen molar-refractivity contribution in [2.45, 2.75) is 31.5 Å². The van der Waals surface area contributed by atoms with E-state index in [9.17, 15) is 4.79 Å². The lowest BCUT2D eigenvalue weighted by molar-refractivity contribution is -0.122. The van der Waals surface area contributed by atoms with Crippen LogP contribution in [0.3, 0.4) is 0 Å². The monoisotopic (exact) mass is 377 g/mol. The first kappa shape index (κ1) is 16.8. The Labute approximate surface area is 155 Å². The van der Waals surface area contributed by atoms with Gasteiger partial charge in [-0.2, -0.15) is 0 Å². The number of anilines is 1. The fraction of sp³-hybridized carbons (Fsp3) is 0.389. The summed E-state index contributed by atoms with van der Waals surface area (Å²) in [5.41, 5.74) is 1.62. The van der Waals surface area contributed by atoms with Gasteiger partial charge in [0.15, 0.2) is 0 Å². The van der Waals surface area contributed by atoms with Gasteiger partial charge >= 0.3 is 0 Å². The van der Waals surface area contributed by atoms with Gasteiger partial charge in [-0.1, -0.05) is 30.1 Å². The van der Waals surface area contributed by atoms with Crippen molar-refractivity contribution in [3.63, 3.8) is 0 Å². The number of hydrogen-bond donors (Lipinski definition) is 1. The summed E-state index contributed by atoms with van der Waals surface area (Å²) in [6, 6.07) is 5.52. The summed E-state index contributed by atoms with van der Waals surface area (Å²) in [6.45, 7) is 2.13. The van der Waals surface area contributed by atoms with E-state index in [0.717, 1.165) is 12.0 Å². The van der Waals surface area contributed by atoms with Gasteiger partial charge in [-0.05, 0) is 36.1 Å². The molecule has 2 aromatic rings. The largest absolute Gasteiger partial charge is 0.373 e. The lowest BCUT2D eigenvalue weighted by Crippen LogP contribution is -2.39. The van der Waals surface area contributed by atoms with Gasteiger partial charge in [0.2, 0.25) is 5.91 Å². The van der Waals surface area contributed by atoms with E-state index in [1.165, 1.54) is 6.20 Å². The highest BCUT2D eigenvalue weighted by molar-refractivity contribution is 6.41. The molecule has 25 heavy (non-hydrogen) atoms. The molecule has 4 rings (SSSR count). The van der Waals surface area contributed by atoms with Crippen LogP contribution in [0.2, 0.25) is 10.2 Å². The molecule has 0 unspecified atom stereocenters. The Hall–Kier alpha value is -1.69. The Morgan fingerprint density at radius 1 is 1.32 bits per heavy atom. The zero-order valence-corrected chi connectivity index (χ0v) is 15.0. The van der Waals surface area contributed by atoms with Crippen molar-refractivity contribution >= 4 is 34.8 Å². The number of halogens is 2. The minimum absolute atomic E-state index is 0.0277. The molecule has 2 aromatic heterocycles. The quantitative estimate of drug-likeness (QED) is 0.822. The minimum atomic E-state index is -0.259. The molecule has 5 atom stereocenters. The van der Waals surface area contributed by atoms with Gasteiger partial charge in [-0.25, -0.2) is 4.98 Å². The second kappa shape index (κ2) is 6.56. The number of carbonyl (C=O) groups excluding carboxylic acids is 1. The van der Waals surface area contributed by atoms with E-state index in [1.54, 1.807) is 18.5 Å². The molecule has 2 saturated heterocycles. The second-order valence-electron chi connectivity index (χ2n) is 6.67. The first-order valence-corrected chi connectivity index (χ1v) is 8.97. The molecule has 7 heteroatoms. The normalized spacial score (nSPS) is 30.4. The average molecular weight is 378 g/mol. The van der Waals surface area contributed by atoms with E-state index in [-0.39, 0.29) is 35.1 Å². The van der Waals surface area contributed by atoms with Gasteiger partial charge in [0, 0.05) is 18.3 Å². The number of carbonyl (C=O) groups is 1. The van der Waals surface area contributed by atoms with Gasteiger partial charge in [0.25, 0.3) is 0 Å². The van der Waals surface area contributed by atoms with Crippen LogP contribution in [-0.2, 0) is 9.53 Å². The second-order valence-corrected chi connectivity index (χ2v) is 7.44. The van der Waals surface area contributed by atoms with Crippen LogP contribution in [0.4, 0.5) is 5.69 Å². The average Bonchev–Trinajstić information content (AvgIpc) is 3.16. The summed E-state index contributed by atoms with van der Waals surface area (Å²) in [5.74, 6) is 0.0392. The summed E-state index contributed by atoms with van der Waals surface area (Å²) in [7, 11) is 0. The zero-order valence-electron chi connectivity index (χ0n) is 13.5. The Kier molecular flexibility index (Phi) is 4.40. The van der Waals surface area contributed by atoms with Crippen molar-refractivity contribution in [2.75, 3.05) is 5.32 Å². The molecule has 4 heterocycles. The van der Waals surface area contributed by atoms with Crippen molar-refractivity contribution in [3.05, 3.63) is 52.5 Å². The van der Waals surface area contributed by atoms with Crippen molar-refractivity contribution in [2.24, 2.45) is 11.8 Å². The number of ether oxygens (including phenoxy) is 1. The predicted octanol–water partition coefficient (Wildman–Crippen LogP) is 3.93. The lowest BCUT2D eigenvalue weighted by atomic mass is 9.71. The topological polar surface area (TPSA) is 64.1 Å². The maximum Gasteiger partial charge on any atom is 0.230 e. The molecule has 5 nitrogen and oxygen atoms in total. The summed E-state index contributed by atoms with van der Waals surface area (Å²) < 4.78 is 6.12. The first-order chi connectivity index (χ1) is 12.0. The van der Waals surface area contributed by atoms with Crippen LogP contribution in [0, 0.1) is 11.8 Å². The van der Waals surface area contributed by atoms with Crippen LogP contribution in [-0.4, -0.2) is 28.1 Å². The van der Waals surface area contributed by atoms with Crippen LogP contribution in [0.15, 0.2) is 36.8 Å². The Bertz CT molecular complexity index is 802. The van der Waals surface area contributed by atoms with Crippen molar-refractivity contribution in [1.29, 1.82) is 0 Å². The highest BCUT2D eigenvalue weighted by Gasteiger charge is 2.55.